The van der Waals surface area contributed by atoms with Crippen LogP contribution in [-0.4, -0.2) is 25.1 Å². The number of hydrogen-bond acceptors (Lipinski definition) is 3. The number of hydrogen-bond donors (Lipinski definition) is 0. The minimum Gasteiger partial charge on any atom is -0.372 e. The lowest BCUT2D eigenvalue weighted by molar-refractivity contribution is -0.106. The van der Waals surface area contributed by atoms with Gasteiger partial charge in [0.2, 0.25) is 0 Å². The molecule has 0 spiro atoms. The molecule has 0 unspecified atom stereocenters. The molecule has 0 heterocycles. The maximum absolute atomic E-state index is 12.2. The predicted octanol–water partition coefficient (Wildman–Crippen LogP) is 10.7. The van der Waals surface area contributed by atoms with E-state index in [-0.39, 0.29) is 5.82 Å². The summed E-state index contributed by atoms with van der Waals surface area (Å²) in [5.74, 6) is -0.160. The fourth-order valence-corrected chi connectivity index (χ4v) is 3.34. The highest BCUT2D eigenvalue weighted by Crippen LogP contribution is 2.15. The van der Waals surface area contributed by atoms with E-state index in [2.05, 4.69) is 61.5 Å². The van der Waals surface area contributed by atoms with Crippen LogP contribution in [0.4, 0.5) is 10.1 Å². The SMILES string of the molecule is C=C(C)N=C(C)C(/C=C\C)=C\C.CC.CC=O.CCCN(CCC)c1ccc(C)cc1.CCc1ccc(F)cc1. The second-order valence-corrected chi connectivity index (χ2v) is 8.71. The summed E-state index contributed by atoms with van der Waals surface area (Å²) in [4.78, 5) is 15.5. The van der Waals surface area contributed by atoms with Gasteiger partial charge in [-0.1, -0.05) is 89.3 Å². The lowest BCUT2D eigenvalue weighted by Crippen LogP contribution is -2.24. The quantitative estimate of drug-likeness (QED) is 0.176. The van der Waals surface area contributed by atoms with Crippen LogP contribution >= 0.6 is 0 Å². The summed E-state index contributed by atoms with van der Waals surface area (Å²) < 4.78 is 12.2. The van der Waals surface area contributed by atoms with Gasteiger partial charge in [0.05, 0.1) is 0 Å². The minimum absolute atomic E-state index is 0.160. The van der Waals surface area contributed by atoms with Gasteiger partial charge in [0.1, 0.15) is 12.1 Å². The zero-order valence-electron chi connectivity index (χ0n) is 27.4. The Morgan fingerprint density at radius 3 is 1.73 bits per heavy atom. The molecule has 2 aromatic carbocycles. The molecule has 0 aliphatic carbocycles. The van der Waals surface area contributed by atoms with Gasteiger partial charge in [0.15, 0.2) is 0 Å². The van der Waals surface area contributed by atoms with Crippen molar-refractivity contribution in [1.29, 1.82) is 0 Å². The van der Waals surface area contributed by atoms with Crippen molar-refractivity contribution < 1.29 is 9.18 Å². The van der Waals surface area contributed by atoms with E-state index in [0.29, 0.717) is 0 Å². The Kier molecular flexibility index (Phi) is 29.6. The second kappa shape index (κ2) is 28.7. The predicted molar refractivity (Wildman–Crippen MR) is 179 cm³/mol. The molecule has 40 heavy (non-hydrogen) atoms. The standard InChI is InChI=1S/C13H21N.C11H17N.C8H9F.C2H4O.C2H6/c1-4-10-14(11-5-2)13-8-6-12(3)7-9-13;1-6-8-11(7-2)10(5)12-9(3)4;1-2-7-3-5-8(9)6-4-7;1-2-3;1-2/h6-9H,4-5,10-11H2,1-3H3;6-8H,3H2,1-2,4-5H3;3-6H,2H2,1H3;2H,1H3;1-2H3/b;8-6-,11-7-,12-10?;;;. The van der Waals surface area contributed by atoms with Gasteiger partial charge in [0.25, 0.3) is 0 Å². The first-order valence-electron chi connectivity index (χ1n) is 14.6. The highest BCUT2D eigenvalue weighted by molar-refractivity contribution is 6.01. The third-order valence-electron chi connectivity index (χ3n) is 5.14. The number of carbonyl (C=O) groups is 1. The Morgan fingerprint density at radius 1 is 0.900 bits per heavy atom. The number of aldehydes is 1. The van der Waals surface area contributed by atoms with E-state index in [1.807, 2.05) is 66.7 Å². The van der Waals surface area contributed by atoms with Crippen LogP contribution in [0, 0.1) is 12.7 Å². The Labute approximate surface area is 246 Å². The number of benzene rings is 2. The molecule has 0 amide bonds. The summed E-state index contributed by atoms with van der Waals surface area (Å²) in [5.41, 5.74) is 6.89. The number of allylic oxidation sites excluding steroid dienone is 5. The molecule has 224 valence electrons. The molecule has 0 radical (unpaired) electrons. The molecule has 2 aromatic rings. The molecule has 3 nitrogen and oxygen atoms in total. The van der Waals surface area contributed by atoms with Crippen LogP contribution in [0.25, 0.3) is 0 Å². The summed E-state index contributed by atoms with van der Waals surface area (Å²) in [6.07, 6.45) is 10.2. The maximum atomic E-state index is 12.2. The monoisotopic (exact) mass is 552 g/mol. The molecule has 2 rings (SSSR count). The molecule has 0 aliphatic heterocycles. The van der Waals surface area contributed by atoms with Crippen LogP contribution in [0.2, 0.25) is 0 Å². The Hall–Kier alpha value is -3.27. The van der Waals surface area contributed by atoms with E-state index in [0.717, 1.165) is 42.8 Å². The van der Waals surface area contributed by atoms with Gasteiger partial charge in [-0.2, -0.15) is 0 Å². The summed E-state index contributed by atoms with van der Waals surface area (Å²) in [6.45, 7) is 28.0. The number of anilines is 1. The summed E-state index contributed by atoms with van der Waals surface area (Å²) in [6, 6.07) is 15.4. The minimum atomic E-state index is -0.160. The van der Waals surface area contributed by atoms with Crippen LogP contribution in [0.15, 0.2) is 89.6 Å². The lowest BCUT2D eigenvalue weighted by Gasteiger charge is -2.23. The van der Waals surface area contributed by atoms with Gasteiger partial charge in [-0.3, -0.25) is 4.99 Å². The highest BCUT2D eigenvalue weighted by atomic mass is 19.1. The molecule has 4 heteroatoms. The molecule has 0 N–H and O–H groups in total. The molecule has 0 fully saturated rings. The number of aliphatic imine (C=N–C) groups is 1. The molecule has 0 aliphatic rings. The third kappa shape index (κ3) is 22.7. The van der Waals surface area contributed by atoms with E-state index in [1.54, 1.807) is 12.1 Å². The zero-order valence-corrected chi connectivity index (χ0v) is 27.4. The fraction of sp³-hybridized carbons (Fsp3) is 0.444. The second-order valence-electron chi connectivity index (χ2n) is 8.71. The molecule has 0 atom stereocenters. The Bertz CT molecular complexity index is 965. The van der Waals surface area contributed by atoms with Crippen molar-refractivity contribution in [3.8, 4) is 0 Å². The van der Waals surface area contributed by atoms with Gasteiger partial charge in [-0.05, 0) is 96.2 Å². The van der Waals surface area contributed by atoms with Crippen LogP contribution in [0.5, 0.6) is 0 Å². The van der Waals surface area contributed by atoms with Crippen LogP contribution in [0.1, 0.15) is 93.2 Å². The van der Waals surface area contributed by atoms with E-state index in [9.17, 15) is 4.39 Å². The first kappa shape index (κ1) is 41.2. The molecule has 0 bridgehead atoms. The zero-order chi connectivity index (χ0) is 31.3. The topological polar surface area (TPSA) is 32.7 Å². The first-order valence-corrected chi connectivity index (χ1v) is 14.6. The van der Waals surface area contributed by atoms with E-state index < -0.39 is 0 Å². The van der Waals surface area contributed by atoms with Gasteiger partial charge in [-0.15, -0.1) is 0 Å². The van der Waals surface area contributed by atoms with Gasteiger partial charge < -0.3 is 9.69 Å². The van der Waals surface area contributed by atoms with Crippen LogP contribution < -0.4 is 4.90 Å². The third-order valence-corrected chi connectivity index (χ3v) is 5.14. The molecular weight excluding hydrogens is 495 g/mol. The van der Waals surface area contributed by atoms with E-state index in [4.69, 9.17) is 4.79 Å². The highest BCUT2D eigenvalue weighted by Gasteiger charge is 2.02. The number of aryl methyl sites for hydroxylation is 2. The molecule has 0 saturated heterocycles. The maximum Gasteiger partial charge on any atom is 0.123 e. The summed E-state index contributed by atoms with van der Waals surface area (Å²) in [5, 5.41) is 0. The van der Waals surface area contributed by atoms with Crippen molar-refractivity contribution in [2.75, 3.05) is 18.0 Å². The number of nitrogens with zero attached hydrogens (tertiary/aromatic N) is 2. The van der Waals surface area contributed by atoms with E-state index >= 15 is 0 Å². The Morgan fingerprint density at radius 2 is 1.38 bits per heavy atom. The van der Waals surface area contributed by atoms with E-state index in [1.165, 1.54) is 48.7 Å². The largest absolute Gasteiger partial charge is 0.372 e. The molecule has 0 saturated carbocycles. The molecular formula is C36H57FN2O. The lowest BCUT2D eigenvalue weighted by atomic mass is 10.1. The van der Waals surface area contributed by atoms with Gasteiger partial charge >= 0.3 is 0 Å². The smallest absolute Gasteiger partial charge is 0.123 e. The van der Waals surface area contributed by atoms with Crippen molar-refractivity contribution >= 4 is 17.7 Å². The van der Waals surface area contributed by atoms with Crippen molar-refractivity contribution in [3.05, 3.63) is 102 Å². The number of halogens is 1. The summed E-state index contributed by atoms with van der Waals surface area (Å²) in [7, 11) is 0. The number of carbonyl (C=O) groups excluding carboxylic acids is 1. The van der Waals surface area contributed by atoms with Crippen molar-refractivity contribution in [3.63, 3.8) is 0 Å². The van der Waals surface area contributed by atoms with Crippen molar-refractivity contribution in [1.82, 2.24) is 0 Å². The average Bonchev–Trinajstić information content (AvgIpc) is 2.94. The Balaban J connectivity index is -0.000000482. The van der Waals surface area contributed by atoms with Crippen LogP contribution in [0.3, 0.4) is 0 Å². The number of rotatable bonds is 9. The van der Waals surface area contributed by atoms with Gasteiger partial charge in [-0.25, -0.2) is 4.39 Å². The molecule has 0 aromatic heterocycles. The van der Waals surface area contributed by atoms with Crippen molar-refractivity contribution in [2.45, 2.75) is 95.4 Å². The van der Waals surface area contributed by atoms with Crippen molar-refractivity contribution in [2.24, 2.45) is 4.99 Å². The normalized spacial score (nSPS) is 10.4. The average molecular weight is 553 g/mol. The summed E-state index contributed by atoms with van der Waals surface area (Å²) >= 11 is 0. The first-order chi connectivity index (χ1) is 19.1. The van der Waals surface area contributed by atoms with Gasteiger partial charge in [0, 0.05) is 30.2 Å². The fourth-order valence-electron chi connectivity index (χ4n) is 3.34. The van der Waals surface area contributed by atoms with Crippen LogP contribution in [-0.2, 0) is 11.2 Å².